The smallest absolute Gasteiger partial charge is 0.410 e. The summed E-state index contributed by atoms with van der Waals surface area (Å²) in [5.41, 5.74) is 7.40. The summed E-state index contributed by atoms with van der Waals surface area (Å²) in [6.07, 6.45) is -0.251. The van der Waals surface area contributed by atoms with E-state index in [4.69, 9.17) is 10.5 Å². The number of nitrogens with zero attached hydrogens (tertiary/aromatic N) is 2. The van der Waals surface area contributed by atoms with Crippen molar-refractivity contribution >= 4 is 29.2 Å². The molecular formula is C17H27N3O2S. The molecule has 1 aromatic carbocycles. The summed E-state index contributed by atoms with van der Waals surface area (Å²) in [6, 6.07) is 6.03. The van der Waals surface area contributed by atoms with Gasteiger partial charge in [-0.1, -0.05) is 0 Å². The van der Waals surface area contributed by atoms with Crippen LogP contribution in [0, 0.1) is 0 Å². The zero-order chi connectivity index (χ0) is 17.0. The molecule has 1 aromatic rings. The van der Waals surface area contributed by atoms with Gasteiger partial charge in [0, 0.05) is 42.5 Å². The number of carbonyl (C=O) groups is 1. The summed E-state index contributed by atoms with van der Waals surface area (Å²) >= 11 is 1.85. The molecule has 1 heterocycles. The lowest BCUT2D eigenvalue weighted by Gasteiger charge is -2.33. The molecule has 128 valence electrons. The molecule has 2 N–H and O–H groups in total. The van der Waals surface area contributed by atoms with Crippen LogP contribution in [-0.2, 0) is 4.74 Å². The Bertz CT molecular complexity index is 557. The molecule has 0 aliphatic carbocycles. The summed E-state index contributed by atoms with van der Waals surface area (Å²) < 4.78 is 5.46. The minimum Gasteiger partial charge on any atom is -0.444 e. The highest BCUT2D eigenvalue weighted by Gasteiger charge is 2.23. The van der Waals surface area contributed by atoms with Gasteiger partial charge in [0.15, 0.2) is 0 Å². The van der Waals surface area contributed by atoms with Crippen LogP contribution in [0.2, 0.25) is 0 Å². The van der Waals surface area contributed by atoms with Gasteiger partial charge in [-0.2, -0.15) is 0 Å². The second-order valence-corrected chi connectivity index (χ2v) is 7.76. The predicted molar refractivity (Wildman–Crippen MR) is 97.3 cm³/mol. The fraction of sp³-hybridized carbons (Fsp3) is 0.588. The maximum absolute atomic E-state index is 12.2. The highest BCUT2D eigenvalue weighted by molar-refractivity contribution is 7.99. The number of hydrogen-bond acceptors (Lipinski definition) is 5. The topological polar surface area (TPSA) is 58.8 Å². The maximum Gasteiger partial charge on any atom is 0.410 e. The van der Waals surface area contributed by atoms with Gasteiger partial charge in [0.1, 0.15) is 5.60 Å². The van der Waals surface area contributed by atoms with Crippen LogP contribution in [0.25, 0.3) is 0 Å². The van der Waals surface area contributed by atoms with Crippen LogP contribution in [0.4, 0.5) is 16.2 Å². The van der Waals surface area contributed by atoms with Crippen LogP contribution in [0.15, 0.2) is 23.1 Å². The lowest BCUT2D eigenvalue weighted by atomic mass is 10.2. The Hall–Kier alpha value is -1.56. The Morgan fingerprint density at radius 3 is 2.83 bits per heavy atom. The summed E-state index contributed by atoms with van der Waals surface area (Å²) in [5, 5.41) is 0. The molecule has 0 spiro atoms. The van der Waals surface area contributed by atoms with Crippen LogP contribution in [0.3, 0.4) is 0 Å². The first-order valence-corrected chi connectivity index (χ1v) is 9.04. The van der Waals surface area contributed by atoms with Crippen LogP contribution in [-0.4, -0.2) is 48.5 Å². The molecule has 5 nitrogen and oxygen atoms in total. The van der Waals surface area contributed by atoms with Crippen LogP contribution < -0.4 is 10.6 Å². The van der Waals surface area contributed by atoms with Gasteiger partial charge in [0.2, 0.25) is 0 Å². The van der Waals surface area contributed by atoms with Gasteiger partial charge in [0.05, 0.1) is 5.69 Å². The first kappa shape index (κ1) is 17.8. The molecule has 6 heteroatoms. The zero-order valence-corrected chi connectivity index (χ0v) is 15.3. The number of nitrogens with two attached hydrogens (primary N) is 1. The maximum atomic E-state index is 12.2. The van der Waals surface area contributed by atoms with Gasteiger partial charge in [-0.05, 0) is 45.9 Å². The zero-order valence-electron chi connectivity index (χ0n) is 14.5. The molecule has 0 fully saturated rings. The number of amides is 1. The van der Waals surface area contributed by atoms with E-state index in [0.717, 1.165) is 24.5 Å². The fourth-order valence-corrected chi connectivity index (χ4v) is 3.50. The molecule has 1 amide bonds. The van der Waals surface area contributed by atoms with Crippen molar-refractivity contribution in [1.29, 1.82) is 0 Å². The van der Waals surface area contributed by atoms with E-state index in [-0.39, 0.29) is 6.09 Å². The average Bonchev–Trinajstić information content (AvgIpc) is 2.46. The molecule has 1 aliphatic rings. The number of anilines is 2. The molecule has 0 aromatic heterocycles. The first-order valence-electron chi connectivity index (χ1n) is 8.05. The Balaban J connectivity index is 2.00. The third-order valence-corrected chi connectivity index (χ3v) is 4.66. The molecule has 0 unspecified atom stereocenters. The number of hydrogen-bond donors (Lipinski definition) is 1. The first-order chi connectivity index (χ1) is 10.8. The highest BCUT2D eigenvalue weighted by Crippen LogP contribution is 2.35. The third kappa shape index (κ3) is 4.96. The van der Waals surface area contributed by atoms with Crippen LogP contribution in [0.1, 0.15) is 27.7 Å². The van der Waals surface area contributed by atoms with Gasteiger partial charge in [-0.25, -0.2) is 4.79 Å². The molecule has 23 heavy (non-hydrogen) atoms. The fourth-order valence-electron chi connectivity index (χ4n) is 2.47. The average molecular weight is 337 g/mol. The normalized spacial score (nSPS) is 14.3. The SMILES string of the molecule is CCN(CCN1CCSc2ccc(N)cc21)C(=O)OC(C)(C)C. The lowest BCUT2D eigenvalue weighted by molar-refractivity contribution is 0.0265. The van der Waals surface area contributed by atoms with Gasteiger partial charge in [-0.3, -0.25) is 0 Å². The largest absolute Gasteiger partial charge is 0.444 e. The van der Waals surface area contributed by atoms with Crippen LogP contribution >= 0.6 is 11.8 Å². The monoisotopic (exact) mass is 337 g/mol. The molecule has 0 bridgehead atoms. The standard InChI is InChI=1S/C17H27N3O2S/c1-5-19(16(21)22-17(2,3)4)8-9-20-10-11-23-15-7-6-13(18)12-14(15)20/h6-7,12H,5,8-11,18H2,1-4H3. The van der Waals surface area contributed by atoms with E-state index in [1.807, 2.05) is 51.6 Å². The van der Waals surface area contributed by atoms with Crippen molar-refractivity contribution in [2.75, 3.05) is 42.6 Å². The Morgan fingerprint density at radius 2 is 2.17 bits per heavy atom. The summed E-state index contributed by atoms with van der Waals surface area (Å²) in [7, 11) is 0. The number of carbonyl (C=O) groups excluding carboxylic acids is 1. The van der Waals surface area contributed by atoms with E-state index < -0.39 is 5.60 Å². The van der Waals surface area contributed by atoms with Crippen molar-refractivity contribution in [3.63, 3.8) is 0 Å². The molecule has 0 atom stereocenters. The lowest BCUT2D eigenvalue weighted by Crippen LogP contribution is -2.42. The van der Waals surface area contributed by atoms with Gasteiger partial charge >= 0.3 is 6.09 Å². The van der Waals surface area contributed by atoms with E-state index in [1.54, 1.807) is 4.90 Å². The van der Waals surface area contributed by atoms with E-state index >= 15 is 0 Å². The summed E-state index contributed by atoms with van der Waals surface area (Å²) in [4.78, 5) is 17.5. The second kappa shape index (κ2) is 7.34. The van der Waals surface area contributed by atoms with E-state index in [9.17, 15) is 4.79 Å². The van der Waals surface area contributed by atoms with Crippen molar-refractivity contribution in [1.82, 2.24) is 4.90 Å². The van der Waals surface area contributed by atoms with E-state index in [2.05, 4.69) is 11.0 Å². The number of rotatable bonds is 4. The van der Waals surface area contributed by atoms with Crippen molar-refractivity contribution in [2.45, 2.75) is 38.2 Å². The van der Waals surface area contributed by atoms with Gasteiger partial charge < -0.3 is 20.3 Å². The molecule has 2 rings (SSSR count). The Kier molecular flexibility index (Phi) is 5.68. The van der Waals surface area contributed by atoms with E-state index in [1.165, 1.54) is 10.6 Å². The summed E-state index contributed by atoms with van der Waals surface area (Å²) in [5.74, 6) is 1.05. The van der Waals surface area contributed by atoms with Crippen molar-refractivity contribution < 1.29 is 9.53 Å². The molecular weight excluding hydrogens is 310 g/mol. The number of fused-ring (bicyclic) bond motifs is 1. The number of benzene rings is 1. The van der Waals surface area contributed by atoms with Crippen LogP contribution in [0.5, 0.6) is 0 Å². The minimum atomic E-state index is -0.465. The van der Waals surface area contributed by atoms with Gasteiger partial charge in [-0.15, -0.1) is 11.8 Å². The second-order valence-electron chi connectivity index (χ2n) is 6.62. The highest BCUT2D eigenvalue weighted by atomic mass is 32.2. The van der Waals surface area contributed by atoms with Crippen molar-refractivity contribution in [2.24, 2.45) is 0 Å². The Labute approximate surface area is 143 Å². The minimum absolute atomic E-state index is 0.251. The van der Waals surface area contributed by atoms with Crippen molar-refractivity contribution in [3.05, 3.63) is 18.2 Å². The van der Waals surface area contributed by atoms with E-state index in [0.29, 0.717) is 13.1 Å². The summed E-state index contributed by atoms with van der Waals surface area (Å²) in [6.45, 7) is 10.7. The molecule has 0 saturated heterocycles. The third-order valence-electron chi connectivity index (χ3n) is 3.62. The molecule has 0 radical (unpaired) electrons. The number of nitrogen functional groups attached to an aromatic ring is 1. The Morgan fingerprint density at radius 1 is 1.43 bits per heavy atom. The number of ether oxygens (including phenoxy) is 1. The quantitative estimate of drug-likeness (QED) is 0.853. The molecule has 1 aliphatic heterocycles. The predicted octanol–water partition coefficient (Wildman–Crippen LogP) is 3.44. The van der Waals surface area contributed by atoms with Crippen molar-refractivity contribution in [3.8, 4) is 0 Å². The number of thioether (sulfide) groups is 1. The molecule has 0 saturated carbocycles. The van der Waals surface area contributed by atoms with Gasteiger partial charge in [0.25, 0.3) is 0 Å². The number of likely N-dealkylation sites (N-methyl/N-ethyl adjacent to an activating group) is 1.